The maximum atomic E-state index is 12.0. The Morgan fingerprint density at radius 1 is 1.23 bits per heavy atom. The molecule has 0 bridgehead atoms. The molecule has 0 saturated carbocycles. The predicted octanol–water partition coefficient (Wildman–Crippen LogP) is 2.87. The van der Waals surface area contributed by atoms with Crippen LogP contribution < -0.4 is 10.1 Å². The largest absolute Gasteiger partial charge is 0.473 e. The molecule has 1 aliphatic heterocycles. The zero-order chi connectivity index (χ0) is 21.3. The van der Waals surface area contributed by atoms with Crippen LogP contribution in [-0.4, -0.2) is 48.6 Å². The first-order valence-corrected chi connectivity index (χ1v) is 10.3. The Labute approximate surface area is 178 Å². The van der Waals surface area contributed by atoms with Crippen LogP contribution in [0.25, 0.3) is 0 Å². The Kier molecular flexibility index (Phi) is 7.65. The first-order valence-electron chi connectivity index (χ1n) is 10.3. The van der Waals surface area contributed by atoms with Gasteiger partial charge in [0, 0.05) is 31.4 Å². The molecule has 1 N–H and O–H groups in total. The van der Waals surface area contributed by atoms with Crippen LogP contribution in [0.3, 0.4) is 0 Å². The molecule has 3 rings (SSSR count). The lowest BCUT2D eigenvalue weighted by Gasteiger charge is -2.21. The van der Waals surface area contributed by atoms with E-state index in [1.54, 1.807) is 6.20 Å². The van der Waals surface area contributed by atoms with Crippen LogP contribution in [0.5, 0.6) is 5.88 Å². The second-order valence-corrected chi connectivity index (χ2v) is 7.42. The number of rotatable bonds is 7. The molecule has 1 saturated heterocycles. The Balaban J connectivity index is 1.70. The van der Waals surface area contributed by atoms with Gasteiger partial charge >= 0.3 is 5.97 Å². The highest BCUT2D eigenvalue weighted by Gasteiger charge is 2.36. The minimum absolute atomic E-state index is 0.137. The van der Waals surface area contributed by atoms with Crippen LogP contribution in [0.1, 0.15) is 25.0 Å². The zero-order valence-electron chi connectivity index (χ0n) is 17.9. The lowest BCUT2D eigenvalue weighted by Crippen LogP contribution is -2.40. The summed E-state index contributed by atoms with van der Waals surface area (Å²) in [5.41, 5.74) is 2.01. The van der Waals surface area contributed by atoms with Crippen LogP contribution >= 0.6 is 0 Å². The molecule has 1 aromatic heterocycles. The zero-order valence-corrected chi connectivity index (χ0v) is 17.9. The number of hydrogen-bond acceptors (Lipinski definition) is 5. The van der Waals surface area contributed by atoms with Crippen molar-refractivity contribution in [3.05, 3.63) is 59.8 Å². The second-order valence-electron chi connectivity index (χ2n) is 7.42. The van der Waals surface area contributed by atoms with Gasteiger partial charge in [0.1, 0.15) is 6.61 Å². The number of likely N-dealkylation sites (tertiary alicyclic amines) is 1. The van der Waals surface area contributed by atoms with Gasteiger partial charge in [-0.25, -0.2) is 9.98 Å². The van der Waals surface area contributed by atoms with Gasteiger partial charge in [-0.15, -0.1) is 0 Å². The fourth-order valence-corrected chi connectivity index (χ4v) is 3.58. The molecule has 0 amide bonds. The van der Waals surface area contributed by atoms with E-state index in [0.29, 0.717) is 25.6 Å². The highest BCUT2D eigenvalue weighted by atomic mass is 16.5. The minimum Gasteiger partial charge on any atom is -0.473 e. The van der Waals surface area contributed by atoms with E-state index in [0.717, 1.165) is 30.2 Å². The molecule has 1 fully saturated rings. The summed E-state index contributed by atoms with van der Waals surface area (Å²) in [6.45, 7) is 7.11. The number of methoxy groups -OCH3 is 1. The van der Waals surface area contributed by atoms with Crippen LogP contribution in [0.15, 0.2) is 53.7 Å². The highest BCUT2D eigenvalue weighted by molar-refractivity contribution is 5.82. The summed E-state index contributed by atoms with van der Waals surface area (Å²) in [5.74, 6) is 1.29. The van der Waals surface area contributed by atoms with Crippen molar-refractivity contribution >= 4 is 11.9 Å². The quantitative estimate of drug-likeness (QED) is 0.430. The number of pyridine rings is 1. The van der Waals surface area contributed by atoms with Crippen molar-refractivity contribution in [2.24, 2.45) is 16.8 Å². The second kappa shape index (κ2) is 10.6. The van der Waals surface area contributed by atoms with E-state index in [-0.39, 0.29) is 17.8 Å². The standard InChI is InChI=1S/C23H30N4O3/c1-4-24-23(27-14-17(2)20(15-27)22(28)29-3)26-13-19-11-8-12-25-21(19)30-16-18-9-6-5-7-10-18/h5-12,17,20H,4,13-16H2,1-3H3,(H,24,26). The van der Waals surface area contributed by atoms with E-state index in [9.17, 15) is 4.79 Å². The van der Waals surface area contributed by atoms with Gasteiger partial charge in [0.2, 0.25) is 5.88 Å². The van der Waals surface area contributed by atoms with Crippen molar-refractivity contribution < 1.29 is 14.3 Å². The van der Waals surface area contributed by atoms with Gasteiger partial charge in [0.15, 0.2) is 5.96 Å². The van der Waals surface area contributed by atoms with Gasteiger partial charge in [-0.1, -0.05) is 43.3 Å². The minimum atomic E-state index is -0.162. The monoisotopic (exact) mass is 410 g/mol. The molecule has 2 heterocycles. The fourth-order valence-electron chi connectivity index (χ4n) is 3.58. The predicted molar refractivity (Wildman–Crippen MR) is 116 cm³/mol. The van der Waals surface area contributed by atoms with Gasteiger partial charge in [0.25, 0.3) is 0 Å². The summed E-state index contributed by atoms with van der Waals surface area (Å²) in [6.07, 6.45) is 1.72. The van der Waals surface area contributed by atoms with Crippen molar-refractivity contribution in [1.29, 1.82) is 0 Å². The number of hydrogen-bond donors (Lipinski definition) is 1. The average molecular weight is 411 g/mol. The van der Waals surface area contributed by atoms with Crippen molar-refractivity contribution in [3.8, 4) is 5.88 Å². The number of ether oxygens (including phenoxy) is 2. The molecule has 7 heteroatoms. The number of guanidine groups is 1. The summed E-state index contributed by atoms with van der Waals surface area (Å²) >= 11 is 0. The van der Waals surface area contributed by atoms with Gasteiger partial charge in [-0.05, 0) is 24.5 Å². The molecule has 7 nitrogen and oxygen atoms in total. The Hall–Kier alpha value is -3.09. The molecule has 160 valence electrons. The molecule has 0 spiro atoms. The van der Waals surface area contributed by atoms with Crippen LogP contribution in [0, 0.1) is 11.8 Å². The molecule has 0 radical (unpaired) electrons. The molecule has 2 unspecified atom stereocenters. The molecule has 2 atom stereocenters. The van der Waals surface area contributed by atoms with Gasteiger partial charge in [-0.3, -0.25) is 4.79 Å². The number of esters is 1. The summed E-state index contributed by atoms with van der Waals surface area (Å²) < 4.78 is 10.9. The van der Waals surface area contributed by atoms with Gasteiger partial charge in [0.05, 0.1) is 19.6 Å². The van der Waals surface area contributed by atoms with Crippen LogP contribution in [0.4, 0.5) is 0 Å². The van der Waals surface area contributed by atoms with E-state index < -0.39 is 0 Å². The number of carbonyl (C=O) groups excluding carboxylic acids is 1. The summed E-state index contributed by atoms with van der Waals surface area (Å²) in [5, 5.41) is 3.33. The molecular weight excluding hydrogens is 380 g/mol. The number of aliphatic imine (C=N–C) groups is 1. The van der Waals surface area contributed by atoms with E-state index in [4.69, 9.17) is 14.5 Å². The summed E-state index contributed by atoms with van der Waals surface area (Å²) in [4.78, 5) is 23.3. The van der Waals surface area contributed by atoms with E-state index in [2.05, 4.69) is 22.1 Å². The summed E-state index contributed by atoms with van der Waals surface area (Å²) in [6, 6.07) is 13.9. The van der Waals surface area contributed by atoms with Crippen LogP contribution in [-0.2, 0) is 22.7 Å². The molecular formula is C23H30N4O3. The van der Waals surface area contributed by atoms with Gasteiger partial charge in [-0.2, -0.15) is 0 Å². The normalized spacial score (nSPS) is 18.9. The Morgan fingerprint density at radius 3 is 2.77 bits per heavy atom. The van der Waals surface area contributed by atoms with Gasteiger partial charge < -0.3 is 19.7 Å². The van der Waals surface area contributed by atoms with Crippen molar-refractivity contribution in [2.75, 3.05) is 26.7 Å². The summed E-state index contributed by atoms with van der Waals surface area (Å²) in [7, 11) is 1.44. The molecule has 30 heavy (non-hydrogen) atoms. The number of carbonyl (C=O) groups is 1. The molecule has 2 aromatic rings. The SMILES string of the molecule is CCNC(=NCc1cccnc1OCc1ccccc1)N1CC(C)C(C(=O)OC)C1. The maximum absolute atomic E-state index is 12.0. The molecule has 1 aliphatic rings. The number of nitrogens with zero attached hydrogens (tertiary/aromatic N) is 3. The first-order chi connectivity index (χ1) is 14.6. The average Bonchev–Trinajstić information content (AvgIpc) is 3.17. The fraction of sp³-hybridized carbons (Fsp3) is 0.435. The maximum Gasteiger partial charge on any atom is 0.310 e. The topological polar surface area (TPSA) is 76.1 Å². The Morgan fingerprint density at radius 2 is 2.03 bits per heavy atom. The smallest absolute Gasteiger partial charge is 0.310 e. The molecule has 1 aromatic carbocycles. The van der Waals surface area contributed by atoms with Crippen molar-refractivity contribution in [3.63, 3.8) is 0 Å². The lowest BCUT2D eigenvalue weighted by atomic mass is 9.99. The Bertz CT molecular complexity index is 857. The van der Waals surface area contributed by atoms with E-state index >= 15 is 0 Å². The van der Waals surface area contributed by atoms with E-state index in [1.165, 1.54) is 7.11 Å². The third-order valence-corrected chi connectivity index (χ3v) is 5.22. The van der Waals surface area contributed by atoms with E-state index in [1.807, 2.05) is 49.4 Å². The third kappa shape index (κ3) is 5.49. The molecule has 0 aliphatic carbocycles. The highest BCUT2D eigenvalue weighted by Crippen LogP contribution is 2.24. The number of aromatic nitrogens is 1. The van der Waals surface area contributed by atoms with Crippen molar-refractivity contribution in [1.82, 2.24) is 15.2 Å². The number of nitrogens with one attached hydrogen (secondary N) is 1. The lowest BCUT2D eigenvalue weighted by molar-refractivity contribution is -0.145. The first kappa shape index (κ1) is 21.6. The van der Waals surface area contributed by atoms with Crippen molar-refractivity contribution in [2.45, 2.75) is 27.0 Å². The third-order valence-electron chi connectivity index (χ3n) is 5.22. The van der Waals surface area contributed by atoms with Crippen LogP contribution in [0.2, 0.25) is 0 Å². The number of benzene rings is 1.